The Bertz CT molecular complexity index is 1160. The van der Waals surface area contributed by atoms with Crippen LogP contribution in [0.2, 0.25) is 10.0 Å². The zero-order valence-corrected chi connectivity index (χ0v) is 17.8. The molecule has 160 valence electrons. The summed E-state index contributed by atoms with van der Waals surface area (Å²) in [5.74, 6) is -0.752. The van der Waals surface area contributed by atoms with Crippen LogP contribution in [-0.2, 0) is 16.1 Å². The number of halogens is 3. The minimum Gasteiger partial charge on any atom is -0.487 e. The van der Waals surface area contributed by atoms with E-state index in [1.54, 1.807) is 24.3 Å². The zero-order valence-electron chi connectivity index (χ0n) is 16.3. The highest BCUT2D eigenvalue weighted by Gasteiger charge is 2.41. The number of carbonyl (C=O) groups is 2. The first-order valence-electron chi connectivity index (χ1n) is 9.64. The smallest absolute Gasteiger partial charge is 0.295 e. The number of fused-ring (bicyclic) bond motifs is 1. The molecule has 0 heterocycles. The van der Waals surface area contributed by atoms with E-state index < -0.39 is 17.4 Å². The van der Waals surface area contributed by atoms with Gasteiger partial charge in [-0.15, -0.1) is 0 Å². The Hall–Kier alpha value is -2.83. The van der Waals surface area contributed by atoms with Crippen LogP contribution >= 0.6 is 23.2 Å². The highest BCUT2D eigenvalue weighted by Crippen LogP contribution is 2.38. The predicted octanol–water partition coefficient (Wildman–Crippen LogP) is 5.65. The summed E-state index contributed by atoms with van der Waals surface area (Å²) >= 11 is 12.2. The Labute approximate surface area is 188 Å². The van der Waals surface area contributed by atoms with Crippen LogP contribution in [0.4, 0.5) is 4.39 Å². The average Bonchev–Trinajstić information content (AvgIpc) is 2.72. The molecule has 0 radical (unpaired) electrons. The van der Waals surface area contributed by atoms with Crippen LogP contribution in [0.1, 0.15) is 35.2 Å². The van der Waals surface area contributed by atoms with Crippen molar-refractivity contribution in [3.63, 3.8) is 0 Å². The zero-order chi connectivity index (χ0) is 22.0. The quantitative estimate of drug-likeness (QED) is 0.364. The van der Waals surface area contributed by atoms with Crippen molar-refractivity contribution in [1.82, 2.24) is 5.32 Å². The number of hydrogen-bond acceptors (Lipinski definition) is 4. The number of ether oxygens (including phenoxy) is 2. The molecule has 1 amide bonds. The molecule has 1 aliphatic carbocycles. The molecule has 1 aliphatic rings. The lowest BCUT2D eigenvalue weighted by atomic mass is 9.87. The lowest BCUT2D eigenvalue weighted by Gasteiger charge is -2.40. The lowest BCUT2D eigenvalue weighted by molar-refractivity contribution is -0.156. The van der Waals surface area contributed by atoms with Crippen molar-refractivity contribution in [2.45, 2.75) is 31.6 Å². The van der Waals surface area contributed by atoms with Crippen LogP contribution in [0.5, 0.6) is 5.75 Å². The van der Waals surface area contributed by atoms with Gasteiger partial charge in [-0.25, -0.2) is 4.39 Å². The molecule has 8 heteroatoms. The van der Waals surface area contributed by atoms with E-state index in [-0.39, 0.29) is 28.5 Å². The van der Waals surface area contributed by atoms with Crippen molar-refractivity contribution >= 4 is 46.4 Å². The predicted molar refractivity (Wildman–Crippen MR) is 116 cm³/mol. The summed E-state index contributed by atoms with van der Waals surface area (Å²) in [6.45, 7) is 0.207. The molecular formula is C23H18Cl2FNO4. The third kappa shape index (κ3) is 4.31. The van der Waals surface area contributed by atoms with Crippen LogP contribution in [-0.4, -0.2) is 18.1 Å². The molecule has 5 nitrogen and oxygen atoms in total. The maximum absolute atomic E-state index is 14.2. The minimum absolute atomic E-state index is 0.120. The molecule has 3 aromatic carbocycles. The van der Waals surface area contributed by atoms with E-state index in [0.717, 1.165) is 6.42 Å². The average molecular weight is 462 g/mol. The molecular weight excluding hydrogens is 444 g/mol. The summed E-state index contributed by atoms with van der Waals surface area (Å²) in [6.07, 6.45) is 1.86. The third-order valence-electron chi connectivity index (χ3n) is 5.35. The SMILES string of the molecule is O=COC1(NC(=O)c2cc(Cl)c3ccccc3c2OCc2ccc(Cl)cc2F)CCC1. The fraction of sp³-hybridized carbons (Fsp3) is 0.217. The maximum atomic E-state index is 14.2. The van der Waals surface area contributed by atoms with E-state index in [2.05, 4.69) is 5.32 Å². The van der Waals surface area contributed by atoms with E-state index in [1.165, 1.54) is 18.2 Å². The summed E-state index contributed by atoms with van der Waals surface area (Å²) in [5, 5.41) is 4.71. The molecule has 0 aromatic heterocycles. The van der Waals surface area contributed by atoms with Crippen molar-refractivity contribution in [3.05, 3.63) is 75.5 Å². The van der Waals surface area contributed by atoms with E-state index in [4.69, 9.17) is 32.7 Å². The first-order chi connectivity index (χ1) is 14.9. The van der Waals surface area contributed by atoms with E-state index in [1.807, 2.05) is 6.07 Å². The molecule has 1 N–H and O–H groups in total. The van der Waals surface area contributed by atoms with Gasteiger partial charge in [0.25, 0.3) is 12.4 Å². The Kier molecular flexibility index (Phi) is 6.03. The number of hydrogen-bond donors (Lipinski definition) is 1. The van der Waals surface area contributed by atoms with Crippen LogP contribution in [0.25, 0.3) is 10.8 Å². The Morgan fingerprint density at radius 2 is 1.87 bits per heavy atom. The van der Waals surface area contributed by atoms with Crippen molar-refractivity contribution in [3.8, 4) is 5.75 Å². The Morgan fingerprint density at radius 3 is 2.52 bits per heavy atom. The highest BCUT2D eigenvalue weighted by molar-refractivity contribution is 6.36. The summed E-state index contributed by atoms with van der Waals surface area (Å²) in [6, 6.07) is 13.0. The molecule has 4 rings (SSSR count). The van der Waals surface area contributed by atoms with Crippen molar-refractivity contribution in [2.24, 2.45) is 0 Å². The second-order valence-electron chi connectivity index (χ2n) is 7.32. The van der Waals surface area contributed by atoms with Gasteiger partial charge in [-0.3, -0.25) is 9.59 Å². The highest BCUT2D eigenvalue weighted by atomic mass is 35.5. The van der Waals surface area contributed by atoms with Gasteiger partial charge in [0.1, 0.15) is 18.2 Å². The molecule has 31 heavy (non-hydrogen) atoms. The first kappa shape index (κ1) is 21.4. The summed E-state index contributed by atoms with van der Waals surface area (Å²) in [4.78, 5) is 24.0. The number of benzene rings is 3. The van der Waals surface area contributed by atoms with Gasteiger partial charge in [0.2, 0.25) is 0 Å². The summed E-state index contributed by atoms with van der Waals surface area (Å²) < 4.78 is 25.3. The van der Waals surface area contributed by atoms with Gasteiger partial charge in [-0.05, 0) is 24.6 Å². The number of rotatable bonds is 7. The van der Waals surface area contributed by atoms with Crippen LogP contribution in [0.3, 0.4) is 0 Å². The topological polar surface area (TPSA) is 64.6 Å². The first-order valence-corrected chi connectivity index (χ1v) is 10.4. The second kappa shape index (κ2) is 8.73. The summed E-state index contributed by atoms with van der Waals surface area (Å²) in [5.41, 5.74) is -0.579. The molecule has 3 aromatic rings. The van der Waals surface area contributed by atoms with Crippen molar-refractivity contribution < 1.29 is 23.5 Å². The molecule has 0 spiro atoms. The lowest BCUT2D eigenvalue weighted by Crippen LogP contribution is -2.55. The maximum Gasteiger partial charge on any atom is 0.295 e. The van der Waals surface area contributed by atoms with Crippen LogP contribution < -0.4 is 10.1 Å². The van der Waals surface area contributed by atoms with Gasteiger partial charge in [-0.1, -0.05) is 53.5 Å². The largest absolute Gasteiger partial charge is 0.487 e. The number of amides is 1. The van der Waals surface area contributed by atoms with Crippen molar-refractivity contribution in [1.29, 1.82) is 0 Å². The molecule has 0 saturated heterocycles. The third-order valence-corrected chi connectivity index (χ3v) is 5.90. The summed E-state index contributed by atoms with van der Waals surface area (Å²) in [7, 11) is 0. The van der Waals surface area contributed by atoms with Crippen LogP contribution in [0.15, 0.2) is 48.5 Å². The number of carbonyl (C=O) groups excluding carboxylic acids is 2. The standard InChI is InChI=1S/C23H18Cl2FNO4/c24-15-7-6-14(20(26)10-15)12-30-21-17-5-2-1-4-16(17)19(25)11-18(21)22(29)27-23(31-13-28)8-3-9-23/h1-2,4-7,10-11,13H,3,8-9,12H2,(H,27,29). The van der Waals surface area contributed by atoms with Crippen LogP contribution in [0, 0.1) is 5.82 Å². The Balaban J connectivity index is 1.72. The van der Waals surface area contributed by atoms with E-state index >= 15 is 0 Å². The normalized spacial score (nSPS) is 14.5. The number of nitrogens with one attached hydrogen (secondary N) is 1. The Morgan fingerprint density at radius 1 is 1.13 bits per heavy atom. The molecule has 1 fully saturated rings. The van der Waals surface area contributed by atoms with Gasteiger partial charge in [0.15, 0.2) is 5.72 Å². The fourth-order valence-electron chi connectivity index (χ4n) is 3.55. The van der Waals surface area contributed by atoms with E-state index in [9.17, 15) is 14.0 Å². The molecule has 0 bridgehead atoms. The monoisotopic (exact) mass is 461 g/mol. The van der Waals surface area contributed by atoms with Gasteiger partial charge < -0.3 is 14.8 Å². The van der Waals surface area contributed by atoms with Gasteiger partial charge in [0, 0.05) is 39.2 Å². The van der Waals surface area contributed by atoms with Gasteiger partial charge >= 0.3 is 0 Å². The fourth-order valence-corrected chi connectivity index (χ4v) is 3.99. The van der Waals surface area contributed by atoms with Crippen molar-refractivity contribution in [2.75, 3.05) is 0 Å². The molecule has 1 saturated carbocycles. The van der Waals surface area contributed by atoms with Gasteiger partial charge in [0.05, 0.1) is 5.56 Å². The second-order valence-corrected chi connectivity index (χ2v) is 8.16. The molecule has 0 aliphatic heterocycles. The molecule has 0 atom stereocenters. The van der Waals surface area contributed by atoms with E-state index in [0.29, 0.717) is 35.1 Å². The molecule has 0 unspecified atom stereocenters. The minimum atomic E-state index is -1.03. The van der Waals surface area contributed by atoms with Gasteiger partial charge in [-0.2, -0.15) is 0 Å².